The van der Waals surface area contributed by atoms with E-state index in [1.165, 1.54) is 0 Å². The molecule has 160 valence electrons. The van der Waals surface area contributed by atoms with E-state index in [4.69, 9.17) is 9.51 Å². The van der Waals surface area contributed by atoms with E-state index in [0.717, 1.165) is 35.5 Å². The van der Waals surface area contributed by atoms with Crippen molar-refractivity contribution in [2.75, 3.05) is 13.1 Å². The fourth-order valence-electron chi connectivity index (χ4n) is 4.04. The zero-order valence-electron chi connectivity index (χ0n) is 17.7. The summed E-state index contributed by atoms with van der Waals surface area (Å²) in [6.07, 6.45) is 8.42. The van der Waals surface area contributed by atoms with Crippen LogP contribution in [-0.4, -0.2) is 49.0 Å². The molecule has 32 heavy (non-hydrogen) atoms. The fourth-order valence-corrected chi connectivity index (χ4v) is 4.04. The van der Waals surface area contributed by atoms with E-state index in [1.54, 1.807) is 36.9 Å². The Hall–Kier alpha value is -3.94. The van der Waals surface area contributed by atoms with Gasteiger partial charge in [-0.3, -0.25) is 14.8 Å². The molecule has 1 fully saturated rings. The Bertz CT molecular complexity index is 1220. The average molecular weight is 426 g/mol. The molecule has 0 N–H and O–H groups in total. The first-order chi connectivity index (χ1) is 15.7. The third kappa shape index (κ3) is 3.99. The molecule has 5 heterocycles. The molecule has 1 amide bonds. The quantitative estimate of drug-likeness (QED) is 0.488. The number of pyridine rings is 2. The molecule has 1 aliphatic rings. The van der Waals surface area contributed by atoms with Crippen LogP contribution in [0.25, 0.3) is 22.8 Å². The largest absolute Gasteiger partial charge is 0.356 e. The lowest BCUT2D eigenvalue weighted by Crippen LogP contribution is -2.38. The van der Waals surface area contributed by atoms with Crippen LogP contribution < -0.4 is 0 Å². The second kappa shape index (κ2) is 8.66. The lowest BCUT2D eigenvalue weighted by Gasteiger charge is -2.32. The van der Waals surface area contributed by atoms with Crippen LogP contribution in [0.4, 0.5) is 0 Å². The Morgan fingerprint density at radius 1 is 1.06 bits per heavy atom. The molecule has 1 aliphatic heterocycles. The molecule has 0 radical (unpaired) electrons. The van der Waals surface area contributed by atoms with Gasteiger partial charge < -0.3 is 9.42 Å². The van der Waals surface area contributed by atoms with Gasteiger partial charge in [-0.15, -0.1) is 0 Å². The Kier molecular flexibility index (Phi) is 5.41. The Labute approximate surface area is 185 Å². The monoisotopic (exact) mass is 426 g/mol. The molecule has 8 nitrogen and oxygen atoms in total. The molecule has 8 heteroatoms. The van der Waals surface area contributed by atoms with Crippen LogP contribution in [0.15, 0.2) is 65.7 Å². The van der Waals surface area contributed by atoms with Crippen molar-refractivity contribution in [1.82, 2.24) is 30.0 Å². The van der Waals surface area contributed by atoms with E-state index < -0.39 is 0 Å². The first kappa shape index (κ1) is 20.0. The van der Waals surface area contributed by atoms with Gasteiger partial charge in [-0.25, -0.2) is 9.97 Å². The molecule has 5 rings (SSSR count). The van der Waals surface area contributed by atoms with Gasteiger partial charge in [0.25, 0.3) is 5.91 Å². The third-order valence-corrected chi connectivity index (χ3v) is 5.70. The van der Waals surface area contributed by atoms with Gasteiger partial charge in [0.1, 0.15) is 5.69 Å². The second-order valence-electron chi connectivity index (χ2n) is 7.84. The van der Waals surface area contributed by atoms with Crippen molar-refractivity contribution in [3.63, 3.8) is 0 Å². The van der Waals surface area contributed by atoms with Crippen LogP contribution in [0.1, 0.15) is 40.5 Å². The van der Waals surface area contributed by atoms with Crippen molar-refractivity contribution in [1.29, 1.82) is 0 Å². The van der Waals surface area contributed by atoms with E-state index in [-0.39, 0.29) is 11.8 Å². The van der Waals surface area contributed by atoms with Crippen molar-refractivity contribution in [2.24, 2.45) is 0 Å². The minimum absolute atomic E-state index is 0.0359. The van der Waals surface area contributed by atoms with Gasteiger partial charge in [-0.1, -0.05) is 11.2 Å². The van der Waals surface area contributed by atoms with Gasteiger partial charge in [0.05, 0.1) is 17.0 Å². The van der Waals surface area contributed by atoms with E-state index in [1.807, 2.05) is 36.1 Å². The fraction of sp³-hybridized carbons (Fsp3) is 0.250. The molecule has 0 aliphatic carbocycles. The number of aryl methyl sites for hydroxylation is 1. The number of carbonyl (C=O) groups is 1. The molecular weight excluding hydrogens is 404 g/mol. The highest BCUT2D eigenvalue weighted by molar-refractivity contribution is 5.94. The molecule has 0 atom stereocenters. The van der Waals surface area contributed by atoms with E-state index in [2.05, 4.69) is 20.1 Å². The zero-order valence-corrected chi connectivity index (χ0v) is 17.7. The SMILES string of the molecule is Cc1cc(-c2cnc(-c3ccccn3)nc2C2CCN(C(=O)c3ccncc3)CC2)on1. The van der Waals surface area contributed by atoms with Gasteiger partial charge in [-0.2, -0.15) is 0 Å². The molecule has 0 bridgehead atoms. The molecule has 0 unspecified atom stereocenters. The second-order valence-corrected chi connectivity index (χ2v) is 7.84. The normalized spacial score (nSPS) is 14.5. The lowest BCUT2D eigenvalue weighted by molar-refractivity contribution is 0.0712. The molecule has 0 aromatic carbocycles. The topological polar surface area (TPSA) is 97.9 Å². The van der Waals surface area contributed by atoms with Gasteiger partial charge in [0, 0.05) is 55.4 Å². The summed E-state index contributed by atoms with van der Waals surface area (Å²) in [5.74, 6) is 1.44. The van der Waals surface area contributed by atoms with Crippen LogP contribution >= 0.6 is 0 Å². The summed E-state index contributed by atoms with van der Waals surface area (Å²) in [5.41, 5.74) is 3.93. The molecule has 4 aromatic heterocycles. The van der Waals surface area contributed by atoms with E-state index >= 15 is 0 Å². The van der Waals surface area contributed by atoms with Crippen LogP contribution in [0, 0.1) is 6.92 Å². The number of aromatic nitrogens is 5. The van der Waals surface area contributed by atoms with Crippen molar-refractivity contribution in [3.8, 4) is 22.8 Å². The van der Waals surface area contributed by atoms with Gasteiger partial charge in [0.2, 0.25) is 0 Å². The molecule has 0 spiro atoms. The molecular formula is C24H22N6O2. The highest BCUT2D eigenvalue weighted by atomic mass is 16.5. The number of rotatable bonds is 4. The minimum Gasteiger partial charge on any atom is -0.356 e. The van der Waals surface area contributed by atoms with Crippen molar-refractivity contribution in [2.45, 2.75) is 25.7 Å². The Balaban J connectivity index is 1.43. The maximum Gasteiger partial charge on any atom is 0.253 e. The first-order valence-corrected chi connectivity index (χ1v) is 10.6. The highest BCUT2D eigenvalue weighted by Crippen LogP contribution is 2.35. The van der Waals surface area contributed by atoms with Gasteiger partial charge >= 0.3 is 0 Å². The summed E-state index contributed by atoms with van der Waals surface area (Å²) in [7, 11) is 0. The van der Waals surface area contributed by atoms with Crippen LogP contribution in [0.3, 0.4) is 0 Å². The number of likely N-dealkylation sites (tertiary alicyclic amines) is 1. The van der Waals surface area contributed by atoms with Crippen LogP contribution in [0.2, 0.25) is 0 Å². The van der Waals surface area contributed by atoms with E-state index in [0.29, 0.717) is 30.2 Å². The number of nitrogens with zero attached hydrogens (tertiary/aromatic N) is 6. The first-order valence-electron chi connectivity index (χ1n) is 10.6. The highest BCUT2D eigenvalue weighted by Gasteiger charge is 2.28. The number of piperidine rings is 1. The Morgan fingerprint density at radius 3 is 2.56 bits per heavy atom. The minimum atomic E-state index is 0.0359. The third-order valence-electron chi connectivity index (χ3n) is 5.70. The van der Waals surface area contributed by atoms with Crippen molar-refractivity contribution in [3.05, 3.63) is 78.1 Å². The van der Waals surface area contributed by atoms with Gasteiger partial charge in [0.15, 0.2) is 11.6 Å². The molecule has 1 saturated heterocycles. The molecule has 0 saturated carbocycles. The molecule has 4 aromatic rings. The number of carbonyl (C=O) groups excluding carboxylic acids is 1. The summed E-state index contributed by atoms with van der Waals surface area (Å²) in [6.45, 7) is 3.20. The smallest absolute Gasteiger partial charge is 0.253 e. The summed E-state index contributed by atoms with van der Waals surface area (Å²) >= 11 is 0. The predicted octanol–water partition coefficient (Wildman–Crippen LogP) is 3.92. The number of amides is 1. The van der Waals surface area contributed by atoms with Gasteiger partial charge in [-0.05, 0) is 44.0 Å². The van der Waals surface area contributed by atoms with Crippen LogP contribution in [0.5, 0.6) is 0 Å². The summed E-state index contributed by atoms with van der Waals surface area (Å²) in [4.78, 5) is 32.5. The number of hydrogen-bond donors (Lipinski definition) is 0. The Morgan fingerprint density at radius 2 is 1.88 bits per heavy atom. The number of hydrogen-bond acceptors (Lipinski definition) is 7. The average Bonchev–Trinajstić information content (AvgIpc) is 3.30. The summed E-state index contributed by atoms with van der Waals surface area (Å²) < 4.78 is 5.53. The lowest BCUT2D eigenvalue weighted by atomic mass is 9.90. The van der Waals surface area contributed by atoms with Crippen molar-refractivity contribution < 1.29 is 9.32 Å². The van der Waals surface area contributed by atoms with Crippen molar-refractivity contribution >= 4 is 5.91 Å². The van der Waals surface area contributed by atoms with Crippen LogP contribution in [-0.2, 0) is 0 Å². The summed E-state index contributed by atoms with van der Waals surface area (Å²) in [6, 6.07) is 11.1. The van der Waals surface area contributed by atoms with E-state index in [9.17, 15) is 4.79 Å². The predicted molar refractivity (Wildman–Crippen MR) is 118 cm³/mol. The summed E-state index contributed by atoms with van der Waals surface area (Å²) in [5, 5.41) is 4.03. The zero-order chi connectivity index (χ0) is 21.9. The standard InChI is InChI=1S/C24H22N6O2/c1-16-14-21(32-29-16)19-15-27-23(20-4-2-3-9-26-20)28-22(19)17-7-12-30(13-8-17)24(31)18-5-10-25-11-6-18/h2-6,9-11,14-15,17H,7-8,12-13H2,1H3. The maximum atomic E-state index is 12.8. The maximum absolute atomic E-state index is 12.8.